The summed E-state index contributed by atoms with van der Waals surface area (Å²) in [6.45, 7) is 0.129. The Morgan fingerprint density at radius 1 is 0.971 bits per heavy atom. The molecule has 0 radical (unpaired) electrons. The van der Waals surface area contributed by atoms with E-state index in [2.05, 4.69) is 20.3 Å². The van der Waals surface area contributed by atoms with Gasteiger partial charge in [-0.2, -0.15) is 4.98 Å². The van der Waals surface area contributed by atoms with Crippen molar-refractivity contribution in [3.8, 4) is 0 Å². The van der Waals surface area contributed by atoms with Crippen molar-refractivity contribution < 1.29 is 23.4 Å². The summed E-state index contributed by atoms with van der Waals surface area (Å²) in [5.74, 6) is -2.67. The molecule has 8 nitrogen and oxygen atoms in total. The number of imidazole rings is 1. The van der Waals surface area contributed by atoms with Gasteiger partial charge in [0.05, 0.1) is 12.3 Å². The van der Waals surface area contributed by atoms with Crippen LogP contribution in [0.5, 0.6) is 0 Å². The Balaban J connectivity index is 0.000000356. The molecule has 5 N–H and O–H groups in total. The maximum Gasteiger partial charge on any atom is 0.222 e. The molecule has 2 aliphatic rings. The third-order valence-corrected chi connectivity index (χ3v) is 6.71. The van der Waals surface area contributed by atoms with E-state index in [0.29, 0.717) is 23.3 Å². The summed E-state index contributed by atoms with van der Waals surface area (Å²) in [6, 6.07) is 1.15. The monoisotopic (exact) mass is 492 g/mol. The number of hydrogen-bond donors (Lipinski definition) is 4. The topological polar surface area (TPSA) is 122 Å². The third-order valence-electron chi connectivity index (χ3n) is 6.71. The quantitative estimate of drug-likeness (QED) is 0.420. The maximum absolute atomic E-state index is 14.1. The van der Waals surface area contributed by atoms with Crippen LogP contribution in [0.2, 0.25) is 0 Å². The smallest absolute Gasteiger partial charge is 0.222 e. The van der Waals surface area contributed by atoms with E-state index in [9.17, 15) is 18.3 Å². The molecule has 2 aromatic heterocycles. The number of halogens is 3. The number of aromatic nitrogens is 4. The van der Waals surface area contributed by atoms with Crippen LogP contribution in [0.1, 0.15) is 63.8 Å². The summed E-state index contributed by atoms with van der Waals surface area (Å²) in [5.41, 5.74) is 6.09. The minimum Gasteiger partial charge on any atom is -0.396 e. The number of benzene rings is 1. The fourth-order valence-corrected chi connectivity index (χ4v) is 4.78. The molecular formula is C24H31F3N6O2. The summed E-state index contributed by atoms with van der Waals surface area (Å²) in [6.07, 6.45) is 10.5. The van der Waals surface area contributed by atoms with E-state index in [0.717, 1.165) is 38.5 Å². The lowest BCUT2D eigenvalue weighted by Crippen LogP contribution is -2.21. The van der Waals surface area contributed by atoms with Crippen molar-refractivity contribution in [3.05, 3.63) is 35.8 Å². The van der Waals surface area contributed by atoms with Crippen molar-refractivity contribution in [1.82, 2.24) is 19.5 Å². The molecule has 2 saturated carbocycles. The van der Waals surface area contributed by atoms with E-state index in [-0.39, 0.29) is 36.6 Å². The Morgan fingerprint density at radius 2 is 1.63 bits per heavy atom. The average molecular weight is 493 g/mol. The van der Waals surface area contributed by atoms with Gasteiger partial charge in [-0.15, -0.1) is 0 Å². The third kappa shape index (κ3) is 6.02. The van der Waals surface area contributed by atoms with Gasteiger partial charge in [0.1, 0.15) is 17.0 Å². The zero-order valence-corrected chi connectivity index (χ0v) is 19.4. The van der Waals surface area contributed by atoms with E-state index < -0.39 is 23.1 Å². The fourth-order valence-electron chi connectivity index (χ4n) is 4.78. The van der Waals surface area contributed by atoms with Crippen LogP contribution < -0.4 is 11.1 Å². The molecule has 2 fully saturated rings. The van der Waals surface area contributed by atoms with E-state index in [4.69, 9.17) is 10.8 Å². The second-order valence-corrected chi connectivity index (χ2v) is 9.26. The van der Waals surface area contributed by atoms with Crippen molar-refractivity contribution in [2.24, 2.45) is 5.92 Å². The number of nitrogen functional groups attached to an aromatic ring is 1. The fraction of sp³-hybridized carbons (Fsp3) is 0.542. The maximum atomic E-state index is 14.1. The molecule has 11 heteroatoms. The number of fused-ring (bicyclic) bond motifs is 1. The first-order valence-corrected chi connectivity index (χ1v) is 12.1. The Bertz CT molecular complexity index is 1120. The van der Waals surface area contributed by atoms with Gasteiger partial charge in [0.2, 0.25) is 11.9 Å². The van der Waals surface area contributed by atoms with Gasteiger partial charge < -0.3 is 21.3 Å². The van der Waals surface area contributed by atoms with Gasteiger partial charge >= 0.3 is 0 Å². The number of nitrogens with one attached hydrogen (secondary N) is 1. The van der Waals surface area contributed by atoms with Gasteiger partial charge in [0.15, 0.2) is 17.3 Å². The molecule has 0 bridgehead atoms. The van der Waals surface area contributed by atoms with Crippen molar-refractivity contribution in [2.45, 2.75) is 69.9 Å². The first-order chi connectivity index (χ1) is 16.9. The molecule has 0 aliphatic heterocycles. The minimum atomic E-state index is -1.06. The van der Waals surface area contributed by atoms with Crippen LogP contribution in [-0.4, -0.2) is 42.4 Å². The normalized spacial score (nSPS) is 20.9. The number of nitrogens with two attached hydrogens (primary N) is 1. The lowest BCUT2D eigenvalue weighted by atomic mass is 9.86. The van der Waals surface area contributed by atoms with Crippen LogP contribution in [0.25, 0.3) is 11.2 Å². The zero-order chi connectivity index (χ0) is 24.9. The molecule has 5 rings (SSSR count). The minimum absolute atomic E-state index is 0.0359. The van der Waals surface area contributed by atoms with Gasteiger partial charge in [0, 0.05) is 24.8 Å². The summed E-state index contributed by atoms with van der Waals surface area (Å²) >= 11 is 0. The van der Waals surface area contributed by atoms with Gasteiger partial charge in [-0.1, -0.05) is 19.3 Å². The molecule has 2 heterocycles. The van der Waals surface area contributed by atoms with Crippen molar-refractivity contribution in [3.63, 3.8) is 0 Å². The van der Waals surface area contributed by atoms with Crippen LogP contribution >= 0.6 is 0 Å². The number of hydrogen-bond acceptors (Lipinski definition) is 7. The molecule has 1 aromatic carbocycles. The van der Waals surface area contributed by atoms with Crippen LogP contribution in [0.15, 0.2) is 18.3 Å². The van der Waals surface area contributed by atoms with Gasteiger partial charge in [-0.05, 0) is 44.4 Å². The van der Waals surface area contributed by atoms with Gasteiger partial charge in [0.25, 0.3) is 0 Å². The molecule has 35 heavy (non-hydrogen) atoms. The highest BCUT2D eigenvalue weighted by Crippen LogP contribution is 2.37. The Hall–Kier alpha value is -2.92. The van der Waals surface area contributed by atoms with E-state index in [1.165, 1.54) is 25.5 Å². The second-order valence-electron chi connectivity index (χ2n) is 9.26. The average Bonchev–Trinajstić information content (AvgIpc) is 3.19. The standard InChI is InChI=1S/C18H19F3N6O.C6H12O/c19-10-5-12(20)15(13(21)6-10)25-18-24-14-7-23-17(22)26-16(14)27(18)11-3-1-9(8-28)2-4-11;7-6-4-2-1-3-5-6/h5-7,9,11,28H,1-4,8H2,(H,24,25)(H2,22,23,26);6-7H,1-5H2. The van der Waals surface area contributed by atoms with Crippen molar-refractivity contribution >= 4 is 28.7 Å². The van der Waals surface area contributed by atoms with Gasteiger partial charge in [-0.3, -0.25) is 4.57 Å². The molecular weight excluding hydrogens is 461 g/mol. The predicted octanol–water partition coefficient (Wildman–Crippen LogP) is 4.60. The molecule has 3 aromatic rings. The van der Waals surface area contributed by atoms with Crippen molar-refractivity contribution in [2.75, 3.05) is 17.7 Å². The number of aliphatic hydroxyl groups is 2. The van der Waals surface area contributed by atoms with Crippen LogP contribution in [0, 0.1) is 23.4 Å². The number of rotatable bonds is 4. The van der Waals surface area contributed by atoms with Crippen LogP contribution in [0.4, 0.5) is 30.8 Å². The summed E-state index contributed by atoms with van der Waals surface area (Å²) in [7, 11) is 0. The highest BCUT2D eigenvalue weighted by molar-refractivity contribution is 5.76. The molecule has 0 atom stereocenters. The second kappa shape index (κ2) is 11.2. The Labute approximate surface area is 201 Å². The summed E-state index contributed by atoms with van der Waals surface area (Å²) in [5, 5.41) is 20.9. The van der Waals surface area contributed by atoms with Crippen LogP contribution in [-0.2, 0) is 0 Å². The highest BCUT2D eigenvalue weighted by atomic mass is 19.1. The van der Waals surface area contributed by atoms with E-state index >= 15 is 0 Å². The lowest BCUT2D eigenvalue weighted by Gasteiger charge is -2.29. The first-order valence-electron chi connectivity index (χ1n) is 12.1. The number of anilines is 3. The molecule has 2 aliphatic carbocycles. The Morgan fingerprint density at radius 3 is 2.20 bits per heavy atom. The summed E-state index contributed by atoms with van der Waals surface area (Å²) in [4.78, 5) is 12.5. The van der Waals surface area contributed by atoms with E-state index in [1.807, 2.05) is 0 Å². The SMILES string of the molecule is Nc1ncc2nc(Nc3c(F)cc(F)cc3F)n(C3CCC(CO)CC3)c2n1.OC1CCCCC1. The molecule has 0 saturated heterocycles. The highest BCUT2D eigenvalue weighted by Gasteiger charge is 2.27. The zero-order valence-electron chi connectivity index (χ0n) is 19.4. The molecule has 190 valence electrons. The molecule has 0 unspecified atom stereocenters. The molecule has 0 spiro atoms. The number of aliphatic hydroxyl groups excluding tert-OH is 2. The lowest BCUT2D eigenvalue weighted by molar-refractivity contribution is 0.130. The largest absolute Gasteiger partial charge is 0.396 e. The number of nitrogens with zero attached hydrogens (tertiary/aromatic N) is 4. The van der Waals surface area contributed by atoms with Gasteiger partial charge in [-0.25, -0.2) is 23.1 Å². The Kier molecular flexibility index (Phi) is 8.07. The van der Waals surface area contributed by atoms with Crippen molar-refractivity contribution in [1.29, 1.82) is 0 Å². The van der Waals surface area contributed by atoms with Crippen LogP contribution in [0.3, 0.4) is 0 Å². The van der Waals surface area contributed by atoms with E-state index in [1.54, 1.807) is 4.57 Å². The first kappa shape index (κ1) is 25.2. The summed E-state index contributed by atoms with van der Waals surface area (Å²) < 4.78 is 43.2. The molecule has 0 amide bonds. The predicted molar refractivity (Wildman–Crippen MR) is 127 cm³/mol.